The lowest BCUT2D eigenvalue weighted by Gasteiger charge is -2.37. The maximum absolute atomic E-state index is 11.9. The maximum atomic E-state index is 11.9. The Balaban J connectivity index is 1.41. The normalized spacial score (nSPS) is 14.7. The highest BCUT2D eigenvalue weighted by molar-refractivity contribution is 7.22. The summed E-state index contributed by atoms with van der Waals surface area (Å²) in [6.07, 6.45) is -0.170. The lowest BCUT2D eigenvalue weighted by Crippen LogP contribution is -2.53. The fourth-order valence-electron chi connectivity index (χ4n) is 2.55. The van der Waals surface area contributed by atoms with Crippen molar-refractivity contribution in [3.8, 4) is 5.75 Å². The van der Waals surface area contributed by atoms with E-state index in [1.807, 2.05) is 18.2 Å². The van der Waals surface area contributed by atoms with Gasteiger partial charge in [-0.05, 0) is 19.1 Å². The third-order valence-electron chi connectivity index (χ3n) is 3.81. The molecule has 1 saturated heterocycles. The first-order valence-electron chi connectivity index (χ1n) is 7.47. The molecule has 4 rings (SSSR count). The van der Waals surface area contributed by atoms with E-state index in [4.69, 9.17) is 14.0 Å². The highest BCUT2D eigenvalue weighted by Crippen LogP contribution is 2.35. The summed E-state index contributed by atoms with van der Waals surface area (Å²) in [4.78, 5) is 18.6. The zero-order valence-corrected chi connectivity index (χ0v) is 14.0. The largest absolute Gasteiger partial charge is 0.494 e. The van der Waals surface area contributed by atoms with Crippen LogP contribution < -0.4 is 9.64 Å². The Morgan fingerprint density at radius 3 is 2.96 bits per heavy atom. The number of thiazole rings is 1. The zero-order chi connectivity index (χ0) is 16.7. The molecule has 3 aromatic rings. The number of rotatable bonds is 4. The molecule has 1 fully saturated rings. The average Bonchev–Trinajstić information content (AvgIpc) is 3.15. The third-order valence-corrected chi connectivity index (χ3v) is 4.89. The molecule has 1 aliphatic heterocycles. The van der Waals surface area contributed by atoms with E-state index in [9.17, 15) is 4.79 Å². The van der Waals surface area contributed by atoms with Gasteiger partial charge in [0, 0.05) is 6.07 Å². The minimum absolute atomic E-state index is 0.135. The molecule has 0 radical (unpaired) electrons. The minimum Gasteiger partial charge on any atom is -0.494 e. The van der Waals surface area contributed by atoms with E-state index >= 15 is 0 Å². The summed E-state index contributed by atoms with van der Waals surface area (Å²) >= 11 is 1.60. The number of aromatic nitrogens is 2. The van der Waals surface area contributed by atoms with Crippen LogP contribution in [0.5, 0.6) is 5.75 Å². The molecule has 0 bridgehead atoms. The quantitative estimate of drug-likeness (QED) is 0.673. The summed E-state index contributed by atoms with van der Waals surface area (Å²) in [5.41, 5.74) is 1.51. The number of fused-ring (bicyclic) bond motifs is 1. The van der Waals surface area contributed by atoms with Gasteiger partial charge in [0.25, 0.3) is 0 Å². The summed E-state index contributed by atoms with van der Waals surface area (Å²) in [5, 5.41) is 4.59. The molecular formula is C16H15N3O4S. The van der Waals surface area contributed by atoms with Gasteiger partial charge in [0.1, 0.15) is 17.4 Å². The molecule has 0 N–H and O–H groups in total. The number of hydrogen-bond donors (Lipinski definition) is 0. The first-order chi connectivity index (χ1) is 11.6. The molecule has 0 atom stereocenters. The molecule has 0 amide bonds. The van der Waals surface area contributed by atoms with Crippen molar-refractivity contribution in [3.05, 3.63) is 35.7 Å². The topological polar surface area (TPSA) is 77.7 Å². The number of esters is 1. The van der Waals surface area contributed by atoms with Crippen LogP contribution in [-0.2, 0) is 4.74 Å². The Morgan fingerprint density at radius 1 is 1.42 bits per heavy atom. The number of carbonyl (C=O) groups excluding carboxylic acids is 1. The number of anilines is 1. The summed E-state index contributed by atoms with van der Waals surface area (Å²) in [7, 11) is 1.64. The lowest BCUT2D eigenvalue weighted by molar-refractivity contribution is 0.0190. The van der Waals surface area contributed by atoms with E-state index in [2.05, 4.69) is 15.0 Å². The number of hydrogen-bond acceptors (Lipinski definition) is 8. The summed E-state index contributed by atoms with van der Waals surface area (Å²) < 4.78 is 16.7. The van der Waals surface area contributed by atoms with Crippen LogP contribution in [-0.4, -0.2) is 42.4 Å². The van der Waals surface area contributed by atoms with Gasteiger partial charge in [0.15, 0.2) is 5.13 Å². The Kier molecular flexibility index (Phi) is 3.61. The molecule has 1 aromatic carbocycles. The smallest absolute Gasteiger partial charge is 0.377 e. The third kappa shape index (κ3) is 2.58. The van der Waals surface area contributed by atoms with Crippen molar-refractivity contribution in [2.45, 2.75) is 13.0 Å². The molecule has 3 heterocycles. The molecule has 124 valence electrons. The van der Waals surface area contributed by atoms with Gasteiger partial charge in [-0.25, -0.2) is 9.78 Å². The number of ether oxygens (including phenoxy) is 2. The van der Waals surface area contributed by atoms with Crippen molar-refractivity contribution < 1.29 is 18.8 Å². The first-order valence-corrected chi connectivity index (χ1v) is 8.28. The van der Waals surface area contributed by atoms with Crippen molar-refractivity contribution in [1.29, 1.82) is 0 Å². The minimum atomic E-state index is -0.480. The fraction of sp³-hybridized carbons (Fsp3) is 0.312. The van der Waals surface area contributed by atoms with Gasteiger partial charge in [-0.3, -0.25) is 0 Å². The van der Waals surface area contributed by atoms with Gasteiger partial charge in [0.05, 0.1) is 30.6 Å². The Bertz CT molecular complexity index is 898. The molecule has 0 aliphatic carbocycles. The van der Waals surface area contributed by atoms with Gasteiger partial charge in [-0.2, -0.15) is 0 Å². The van der Waals surface area contributed by atoms with Crippen LogP contribution in [0.15, 0.2) is 28.8 Å². The second-order valence-electron chi connectivity index (χ2n) is 5.57. The van der Waals surface area contributed by atoms with Crippen molar-refractivity contribution in [3.63, 3.8) is 0 Å². The van der Waals surface area contributed by atoms with Gasteiger partial charge in [-0.15, -0.1) is 0 Å². The van der Waals surface area contributed by atoms with Crippen LogP contribution in [0.25, 0.3) is 10.2 Å². The fourth-order valence-corrected chi connectivity index (χ4v) is 3.55. The molecule has 0 unspecified atom stereocenters. The summed E-state index contributed by atoms with van der Waals surface area (Å²) in [5.74, 6) is 0.418. The van der Waals surface area contributed by atoms with Crippen molar-refractivity contribution in [2.75, 3.05) is 25.1 Å². The van der Waals surface area contributed by atoms with Gasteiger partial charge < -0.3 is 18.9 Å². The van der Waals surface area contributed by atoms with Crippen molar-refractivity contribution in [1.82, 2.24) is 10.1 Å². The molecule has 0 saturated carbocycles. The molecular weight excluding hydrogens is 330 g/mol. The molecule has 7 nitrogen and oxygen atoms in total. The Hall–Kier alpha value is -2.61. The first kappa shape index (κ1) is 14.9. The molecule has 8 heteroatoms. The maximum Gasteiger partial charge on any atom is 0.377 e. The SMILES string of the molecule is COc1cccc2sc(N3CC(OC(=O)c4cc(C)no4)C3)nc12. The predicted octanol–water partition coefficient (Wildman–Crippen LogP) is 2.65. The molecule has 1 aliphatic rings. The van der Waals surface area contributed by atoms with Crippen molar-refractivity contribution in [2.24, 2.45) is 0 Å². The van der Waals surface area contributed by atoms with E-state index in [0.717, 1.165) is 21.1 Å². The molecule has 0 spiro atoms. The van der Waals surface area contributed by atoms with Crippen LogP contribution in [0.3, 0.4) is 0 Å². The van der Waals surface area contributed by atoms with E-state index < -0.39 is 5.97 Å². The number of nitrogens with zero attached hydrogens (tertiary/aromatic N) is 3. The zero-order valence-electron chi connectivity index (χ0n) is 13.2. The highest BCUT2D eigenvalue weighted by Gasteiger charge is 2.33. The number of methoxy groups -OCH3 is 1. The van der Waals surface area contributed by atoms with Crippen LogP contribution in [0.2, 0.25) is 0 Å². The molecule has 24 heavy (non-hydrogen) atoms. The van der Waals surface area contributed by atoms with Crippen LogP contribution in [0.4, 0.5) is 5.13 Å². The van der Waals surface area contributed by atoms with E-state index in [1.54, 1.807) is 31.4 Å². The van der Waals surface area contributed by atoms with Crippen LogP contribution >= 0.6 is 11.3 Å². The van der Waals surface area contributed by atoms with Gasteiger partial charge in [-0.1, -0.05) is 22.6 Å². The number of aryl methyl sites for hydroxylation is 1. The van der Waals surface area contributed by atoms with Crippen LogP contribution in [0.1, 0.15) is 16.2 Å². The van der Waals surface area contributed by atoms with Crippen molar-refractivity contribution >= 4 is 32.7 Å². The monoisotopic (exact) mass is 345 g/mol. The van der Waals surface area contributed by atoms with Crippen LogP contribution in [0, 0.1) is 6.92 Å². The average molecular weight is 345 g/mol. The van der Waals surface area contributed by atoms with Gasteiger partial charge in [0.2, 0.25) is 5.76 Å². The number of benzene rings is 1. The van der Waals surface area contributed by atoms with E-state index in [0.29, 0.717) is 18.8 Å². The second kappa shape index (κ2) is 5.79. The lowest BCUT2D eigenvalue weighted by atomic mass is 10.2. The predicted molar refractivity (Wildman–Crippen MR) is 88.8 cm³/mol. The standard InChI is InChI=1S/C16H15N3O4S/c1-9-6-12(23-18-9)15(20)22-10-7-19(8-10)16-17-14-11(21-2)4-3-5-13(14)24-16/h3-6,10H,7-8H2,1-2H3. The second-order valence-corrected chi connectivity index (χ2v) is 6.58. The molecule has 2 aromatic heterocycles. The highest BCUT2D eigenvalue weighted by atomic mass is 32.1. The summed E-state index contributed by atoms with van der Waals surface area (Å²) in [6.45, 7) is 2.98. The number of carbonyl (C=O) groups is 1. The summed E-state index contributed by atoms with van der Waals surface area (Å²) in [6, 6.07) is 7.43. The Morgan fingerprint density at radius 2 is 2.25 bits per heavy atom. The van der Waals surface area contributed by atoms with Gasteiger partial charge >= 0.3 is 5.97 Å². The van der Waals surface area contributed by atoms with E-state index in [1.165, 1.54) is 0 Å². The Labute approximate surface area is 141 Å². The number of para-hydroxylation sites is 1. The van der Waals surface area contributed by atoms with E-state index in [-0.39, 0.29) is 11.9 Å².